The molecule has 0 aliphatic carbocycles. The molecule has 0 saturated carbocycles. The van der Waals surface area contributed by atoms with Crippen molar-refractivity contribution in [1.29, 1.82) is 0 Å². The molecular weight excluding hydrogens is 360 g/mol. The van der Waals surface area contributed by atoms with Gasteiger partial charge in [-0.1, -0.05) is 60.7 Å². The minimum atomic E-state index is -0.425. The molecule has 0 unspecified atom stereocenters. The Bertz CT molecular complexity index is 1150. The van der Waals surface area contributed by atoms with Gasteiger partial charge in [-0.25, -0.2) is 4.79 Å². The summed E-state index contributed by atoms with van der Waals surface area (Å²) in [4.78, 5) is 15.5. The van der Waals surface area contributed by atoms with Crippen LogP contribution in [0.15, 0.2) is 72.8 Å². The third kappa shape index (κ3) is 4.16. The normalized spacial score (nSPS) is 10.8. The third-order valence-corrected chi connectivity index (χ3v) is 5.06. The Hall–Kier alpha value is -3.53. The summed E-state index contributed by atoms with van der Waals surface area (Å²) in [5, 5.41) is 3.96. The summed E-state index contributed by atoms with van der Waals surface area (Å²) in [6, 6.07) is 23.9. The van der Waals surface area contributed by atoms with Crippen LogP contribution in [0.5, 0.6) is 0 Å². The number of H-pyrrole nitrogens is 1. The van der Waals surface area contributed by atoms with E-state index in [9.17, 15) is 4.79 Å². The lowest BCUT2D eigenvalue weighted by molar-refractivity contribution is 0.139. The fraction of sp³-hybridized carbons (Fsp3) is 0.120. The van der Waals surface area contributed by atoms with Gasteiger partial charge >= 0.3 is 6.09 Å². The second-order valence-electron chi connectivity index (χ2n) is 7.08. The fourth-order valence-electron chi connectivity index (χ4n) is 3.47. The van der Waals surface area contributed by atoms with E-state index in [4.69, 9.17) is 4.74 Å². The highest BCUT2D eigenvalue weighted by Gasteiger charge is 2.12. The lowest BCUT2D eigenvalue weighted by Gasteiger charge is -2.07. The van der Waals surface area contributed by atoms with E-state index in [0.29, 0.717) is 6.54 Å². The molecule has 0 bridgehead atoms. The summed E-state index contributed by atoms with van der Waals surface area (Å²) in [6.45, 7) is 6.91. The second-order valence-corrected chi connectivity index (χ2v) is 7.08. The average molecular weight is 383 g/mol. The Balaban J connectivity index is 1.46. The first kappa shape index (κ1) is 18.8. The largest absolute Gasteiger partial charge is 0.445 e. The van der Waals surface area contributed by atoms with Crippen LogP contribution >= 0.6 is 0 Å². The predicted molar refractivity (Wildman–Crippen MR) is 116 cm³/mol. The minimum Gasteiger partial charge on any atom is -0.445 e. The highest BCUT2D eigenvalue weighted by molar-refractivity contribution is 5.91. The van der Waals surface area contributed by atoms with Crippen LogP contribution in [-0.2, 0) is 17.9 Å². The number of hydrogen-bond donors (Lipinski definition) is 2. The fourth-order valence-corrected chi connectivity index (χ4v) is 3.47. The number of amides is 1. The molecule has 4 aromatic rings. The van der Waals surface area contributed by atoms with Crippen LogP contribution in [0.25, 0.3) is 22.2 Å². The van der Waals surface area contributed by atoms with Gasteiger partial charge in [0.15, 0.2) is 0 Å². The highest BCUT2D eigenvalue weighted by Crippen LogP contribution is 2.31. The van der Waals surface area contributed by atoms with Crippen molar-refractivity contribution in [2.45, 2.75) is 20.1 Å². The van der Waals surface area contributed by atoms with Gasteiger partial charge in [-0.05, 0) is 48.2 Å². The topological polar surface area (TPSA) is 54.1 Å². The van der Waals surface area contributed by atoms with E-state index >= 15 is 0 Å². The molecule has 0 aliphatic heterocycles. The predicted octanol–water partition coefficient (Wildman–Crippen LogP) is 5.75. The van der Waals surface area contributed by atoms with E-state index in [2.05, 4.69) is 36.3 Å². The zero-order valence-electron chi connectivity index (χ0n) is 16.4. The molecule has 4 heteroatoms. The molecule has 145 valence electrons. The van der Waals surface area contributed by atoms with E-state index in [1.165, 1.54) is 5.56 Å². The second kappa shape index (κ2) is 8.23. The van der Waals surface area contributed by atoms with E-state index in [-0.39, 0.29) is 6.61 Å². The molecule has 2 N–H and O–H groups in total. The SMILES string of the molecule is [CH2]c1ccccc1-c1[nH]c2ccc(CNC(=O)OCc3ccccc3)cc2c1C. The number of aromatic nitrogens is 1. The van der Waals surface area contributed by atoms with Crippen LogP contribution in [-0.4, -0.2) is 11.1 Å². The first-order chi connectivity index (χ1) is 14.1. The lowest BCUT2D eigenvalue weighted by Crippen LogP contribution is -2.23. The third-order valence-electron chi connectivity index (χ3n) is 5.06. The van der Waals surface area contributed by atoms with Gasteiger partial charge in [0, 0.05) is 28.7 Å². The number of hydrogen-bond acceptors (Lipinski definition) is 2. The summed E-state index contributed by atoms with van der Waals surface area (Å²) in [5.41, 5.74) is 7.39. The van der Waals surface area contributed by atoms with Gasteiger partial charge in [0.25, 0.3) is 0 Å². The summed E-state index contributed by atoms with van der Waals surface area (Å²) in [6.07, 6.45) is -0.425. The quantitative estimate of drug-likeness (QED) is 0.461. The Morgan fingerprint density at radius 3 is 2.55 bits per heavy atom. The number of nitrogens with one attached hydrogen (secondary N) is 2. The summed E-state index contributed by atoms with van der Waals surface area (Å²) >= 11 is 0. The molecule has 0 atom stereocenters. The molecule has 0 spiro atoms. The molecule has 1 radical (unpaired) electrons. The molecule has 29 heavy (non-hydrogen) atoms. The Morgan fingerprint density at radius 1 is 1.00 bits per heavy atom. The van der Waals surface area contributed by atoms with E-state index in [0.717, 1.165) is 38.9 Å². The van der Waals surface area contributed by atoms with Crippen molar-refractivity contribution in [1.82, 2.24) is 10.3 Å². The van der Waals surface area contributed by atoms with Crippen molar-refractivity contribution in [2.24, 2.45) is 0 Å². The number of rotatable bonds is 5. The van der Waals surface area contributed by atoms with Gasteiger partial charge in [0.1, 0.15) is 6.61 Å². The van der Waals surface area contributed by atoms with E-state index < -0.39 is 6.09 Å². The maximum absolute atomic E-state index is 12.0. The highest BCUT2D eigenvalue weighted by atomic mass is 16.5. The van der Waals surface area contributed by atoms with Gasteiger partial charge in [0.05, 0.1) is 0 Å². The Morgan fingerprint density at radius 2 is 1.76 bits per heavy atom. The van der Waals surface area contributed by atoms with Gasteiger partial charge < -0.3 is 15.0 Å². The summed E-state index contributed by atoms with van der Waals surface area (Å²) in [7, 11) is 0. The monoisotopic (exact) mass is 383 g/mol. The number of aromatic amines is 1. The van der Waals surface area contributed by atoms with Crippen LogP contribution in [0, 0.1) is 13.8 Å². The van der Waals surface area contributed by atoms with Gasteiger partial charge in [-0.15, -0.1) is 0 Å². The lowest BCUT2D eigenvalue weighted by atomic mass is 10.0. The minimum absolute atomic E-state index is 0.260. The molecule has 1 aromatic heterocycles. The standard InChI is InChI=1S/C25H23N2O2/c1-17-8-6-7-11-21(17)24-18(2)22-14-20(12-13-23(22)27-24)15-26-25(28)29-16-19-9-4-3-5-10-19/h3-14,27H,1,15-16H2,2H3,(H,26,28). The molecule has 1 heterocycles. The maximum atomic E-state index is 12.0. The first-order valence-corrected chi connectivity index (χ1v) is 9.59. The number of fused-ring (bicyclic) bond motifs is 1. The van der Waals surface area contributed by atoms with Gasteiger partial charge in [0.2, 0.25) is 0 Å². The van der Waals surface area contributed by atoms with Crippen molar-refractivity contribution in [3.8, 4) is 11.3 Å². The van der Waals surface area contributed by atoms with Crippen LogP contribution in [0.4, 0.5) is 4.79 Å². The number of carbonyl (C=O) groups excluding carboxylic acids is 1. The molecule has 3 aromatic carbocycles. The number of ether oxygens (including phenoxy) is 1. The van der Waals surface area contributed by atoms with Crippen molar-refractivity contribution < 1.29 is 9.53 Å². The van der Waals surface area contributed by atoms with Crippen molar-refractivity contribution in [3.05, 3.63) is 102 Å². The molecule has 1 amide bonds. The number of aryl methyl sites for hydroxylation is 1. The number of alkyl carbamates (subject to hydrolysis) is 1. The smallest absolute Gasteiger partial charge is 0.407 e. The molecule has 4 nitrogen and oxygen atoms in total. The van der Waals surface area contributed by atoms with Crippen LogP contribution < -0.4 is 5.32 Å². The molecule has 4 rings (SSSR count). The van der Waals surface area contributed by atoms with Crippen molar-refractivity contribution in [3.63, 3.8) is 0 Å². The first-order valence-electron chi connectivity index (χ1n) is 9.59. The zero-order valence-corrected chi connectivity index (χ0v) is 16.4. The van der Waals surface area contributed by atoms with Gasteiger partial charge in [-0.3, -0.25) is 0 Å². The molecule has 0 fully saturated rings. The molecule has 0 saturated heterocycles. The van der Waals surface area contributed by atoms with Crippen LogP contribution in [0.1, 0.15) is 22.3 Å². The maximum Gasteiger partial charge on any atom is 0.407 e. The van der Waals surface area contributed by atoms with E-state index in [1.807, 2.05) is 60.7 Å². The van der Waals surface area contributed by atoms with E-state index in [1.54, 1.807) is 0 Å². The average Bonchev–Trinajstić information content (AvgIpc) is 3.07. The Kier molecular flexibility index (Phi) is 5.34. The van der Waals surface area contributed by atoms with Crippen LogP contribution in [0.3, 0.4) is 0 Å². The Labute approximate surface area is 170 Å². The number of carbonyl (C=O) groups is 1. The summed E-state index contributed by atoms with van der Waals surface area (Å²) < 4.78 is 5.27. The van der Waals surface area contributed by atoms with Crippen LogP contribution in [0.2, 0.25) is 0 Å². The molecular formula is C25H23N2O2. The van der Waals surface area contributed by atoms with Crippen molar-refractivity contribution in [2.75, 3.05) is 0 Å². The molecule has 0 aliphatic rings. The summed E-state index contributed by atoms with van der Waals surface area (Å²) in [5.74, 6) is 0. The number of benzene rings is 3. The van der Waals surface area contributed by atoms with Gasteiger partial charge in [-0.2, -0.15) is 0 Å². The van der Waals surface area contributed by atoms with Crippen molar-refractivity contribution >= 4 is 17.0 Å². The zero-order chi connectivity index (χ0) is 20.2.